The van der Waals surface area contributed by atoms with E-state index < -0.39 is 11.7 Å². The number of hydrogen-bond donors (Lipinski definition) is 1. The van der Waals surface area contributed by atoms with Gasteiger partial charge in [0, 0.05) is 0 Å². The minimum absolute atomic E-state index is 0.263. The van der Waals surface area contributed by atoms with E-state index in [1.807, 2.05) is 6.92 Å². The Bertz CT molecular complexity index is 392. The number of rotatable bonds is 1. The molecule has 1 heterocycles. The Morgan fingerprint density at radius 1 is 1.18 bits per heavy atom. The maximum Gasteiger partial charge on any atom is 0.416 e. The van der Waals surface area contributed by atoms with Gasteiger partial charge in [-0.1, -0.05) is 6.07 Å². The van der Waals surface area contributed by atoms with Gasteiger partial charge < -0.3 is 5.32 Å². The maximum absolute atomic E-state index is 12.7. The van der Waals surface area contributed by atoms with Gasteiger partial charge in [0.1, 0.15) is 0 Å². The quantitative estimate of drug-likeness (QED) is 0.796. The molecule has 1 aromatic carbocycles. The number of piperidine rings is 1. The minimum atomic E-state index is -4.24. The molecule has 94 valence electrons. The average Bonchev–Trinajstić information content (AvgIpc) is 2.29. The third-order valence-electron chi connectivity index (χ3n) is 3.39. The number of benzene rings is 1. The predicted molar refractivity (Wildman–Crippen MR) is 61.0 cm³/mol. The lowest BCUT2D eigenvalue weighted by Crippen LogP contribution is -2.27. The summed E-state index contributed by atoms with van der Waals surface area (Å²) in [7, 11) is 0. The van der Waals surface area contributed by atoms with Gasteiger partial charge in [0.2, 0.25) is 0 Å². The molecule has 0 atom stereocenters. The maximum atomic E-state index is 12.7. The lowest BCUT2D eigenvalue weighted by atomic mass is 9.86. The van der Waals surface area contributed by atoms with Crippen LogP contribution in [0.5, 0.6) is 0 Å². The molecule has 0 spiro atoms. The Kier molecular flexibility index (Phi) is 3.43. The Morgan fingerprint density at radius 3 is 2.41 bits per heavy atom. The van der Waals surface area contributed by atoms with Gasteiger partial charge in [0.05, 0.1) is 5.56 Å². The van der Waals surface area contributed by atoms with Crippen molar-refractivity contribution in [2.75, 3.05) is 13.1 Å². The van der Waals surface area contributed by atoms with Gasteiger partial charge in [-0.2, -0.15) is 13.2 Å². The number of nitrogens with one attached hydrogen (secondary N) is 1. The van der Waals surface area contributed by atoms with Gasteiger partial charge in [0.25, 0.3) is 0 Å². The highest BCUT2D eigenvalue weighted by molar-refractivity contribution is 5.35. The molecule has 0 radical (unpaired) electrons. The molecule has 0 bridgehead atoms. The molecule has 0 aliphatic carbocycles. The average molecular weight is 243 g/mol. The summed E-state index contributed by atoms with van der Waals surface area (Å²) in [5, 5.41) is 3.23. The molecule has 1 aliphatic heterocycles. The van der Waals surface area contributed by atoms with Crippen LogP contribution in [0.25, 0.3) is 0 Å². The van der Waals surface area contributed by atoms with Crippen molar-refractivity contribution in [3.8, 4) is 0 Å². The van der Waals surface area contributed by atoms with E-state index >= 15 is 0 Å². The zero-order valence-corrected chi connectivity index (χ0v) is 9.77. The monoisotopic (exact) mass is 243 g/mol. The largest absolute Gasteiger partial charge is 0.416 e. The summed E-state index contributed by atoms with van der Waals surface area (Å²) in [5.74, 6) is 0.263. The second-order valence-corrected chi connectivity index (χ2v) is 4.59. The Morgan fingerprint density at radius 2 is 1.82 bits per heavy atom. The van der Waals surface area contributed by atoms with E-state index in [4.69, 9.17) is 0 Å². The van der Waals surface area contributed by atoms with Crippen molar-refractivity contribution in [1.82, 2.24) is 5.32 Å². The molecular formula is C13H16F3N. The van der Waals surface area contributed by atoms with E-state index in [0.717, 1.165) is 37.1 Å². The molecule has 0 unspecified atom stereocenters. The van der Waals surface area contributed by atoms with Crippen LogP contribution < -0.4 is 5.32 Å². The molecule has 1 fully saturated rings. The second kappa shape index (κ2) is 4.69. The van der Waals surface area contributed by atoms with Crippen molar-refractivity contribution in [2.45, 2.75) is 31.9 Å². The Hall–Kier alpha value is -1.03. The second-order valence-electron chi connectivity index (χ2n) is 4.59. The third kappa shape index (κ3) is 2.80. The van der Waals surface area contributed by atoms with Crippen LogP contribution in [0.2, 0.25) is 0 Å². The molecule has 0 amide bonds. The summed E-state index contributed by atoms with van der Waals surface area (Å²) >= 11 is 0. The predicted octanol–water partition coefficient (Wildman–Crippen LogP) is 3.48. The highest BCUT2D eigenvalue weighted by Crippen LogP contribution is 2.34. The van der Waals surface area contributed by atoms with Crippen molar-refractivity contribution in [2.24, 2.45) is 0 Å². The number of halogens is 3. The summed E-state index contributed by atoms with van der Waals surface area (Å²) in [6, 6.07) is 4.07. The fraction of sp³-hybridized carbons (Fsp3) is 0.538. The van der Waals surface area contributed by atoms with Crippen LogP contribution in [-0.2, 0) is 6.18 Å². The molecule has 1 nitrogen and oxygen atoms in total. The normalized spacial score (nSPS) is 18.4. The first-order valence-corrected chi connectivity index (χ1v) is 5.87. The van der Waals surface area contributed by atoms with Crippen LogP contribution in [0.15, 0.2) is 18.2 Å². The fourth-order valence-electron chi connectivity index (χ4n) is 2.39. The van der Waals surface area contributed by atoms with E-state index in [0.29, 0.717) is 0 Å². The zero-order chi connectivity index (χ0) is 12.5. The Labute approximate surface area is 99.0 Å². The summed E-state index contributed by atoms with van der Waals surface area (Å²) in [4.78, 5) is 0. The van der Waals surface area contributed by atoms with Gasteiger partial charge >= 0.3 is 6.18 Å². The SMILES string of the molecule is Cc1ccc(C(F)(F)F)cc1C1CCNCC1. The molecule has 0 aromatic heterocycles. The number of hydrogen-bond acceptors (Lipinski definition) is 1. The first-order valence-electron chi connectivity index (χ1n) is 5.87. The molecule has 1 saturated heterocycles. The molecular weight excluding hydrogens is 227 g/mol. The number of alkyl halides is 3. The highest BCUT2D eigenvalue weighted by atomic mass is 19.4. The third-order valence-corrected chi connectivity index (χ3v) is 3.39. The van der Waals surface area contributed by atoms with Crippen molar-refractivity contribution >= 4 is 0 Å². The highest BCUT2D eigenvalue weighted by Gasteiger charge is 2.31. The van der Waals surface area contributed by atoms with Crippen LogP contribution in [0.1, 0.15) is 35.4 Å². The van der Waals surface area contributed by atoms with Crippen LogP contribution in [0.4, 0.5) is 13.2 Å². The summed E-state index contributed by atoms with van der Waals surface area (Å²) < 4.78 is 38.0. The van der Waals surface area contributed by atoms with Crippen LogP contribution in [0.3, 0.4) is 0 Å². The van der Waals surface area contributed by atoms with E-state index in [-0.39, 0.29) is 5.92 Å². The van der Waals surface area contributed by atoms with Crippen molar-refractivity contribution < 1.29 is 13.2 Å². The molecule has 2 rings (SSSR count). The lowest BCUT2D eigenvalue weighted by Gasteiger charge is -2.25. The molecule has 1 aromatic rings. The van der Waals surface area contributed by atoms with Gasteiger partial charge in [-0.15, -0.1) is 0 Å². The van der Waals surface area contributed by atoms with E-state index in [1.165, 1.54) is 12.1 Å². The Balaban J connectivity index is 2.31. The van der Waals surface area contributed by atoms with E-state index in [9.17, 15) is 13.2 Å². The zero-order valence-electron chi connectivity index (χ0n) is 9.77. The van der Waals surface area contributed by atoms with Gasteiger partial charge in [-0.25, -0.2) is 0 Å². The first-order chi connectivity index (χ1) is 7.98. The van der Waals surface area contributed by atoms with Gasteiger partial charge in [-0.05, 0) is 62.0 Å². The minimum Gasteiger partial charge on any atom is -0.317 e. The number of aryl methyl sites for hydroxylation is 1. The van der Waals surface area contributed by atoms with E-state index in [2.05, 4.69) is 5.32 Å². The summed E-state index contributed by atoms with van der Waals surface area (Å²) in [6.45, 7) is 3.66. The van der Waals surface area contributed by atoms with E-state index in [1.54, 1.807) is 6.07 Å². The summed E-state index contributed by atoms with van der Waals surface area (Å²) in [6.07, 6.45) is -2.40. The molecule has 1 N–H and O–H groups in total. The standard InChI is InChI=1S/C13H16F3N/c1-9-2-3-11(13(14,15)16)8-12(9)10-4-6-17-7-5-10/h2-3,8,10,17H,4-7H2,1H3. The molecule has 4 heteroatoms. The van der Waals surface area contributed by atoms with Crippen molar-refractivity contribution in [1.29, 1.82) is 0 Å². The van der Waals surface area contributed by atoms with Crippen molar-refractivity contribution in [3.63, 3.8) is 0 Å². The lowest BCUT2D eigenvalue weighted by molar-refractivity contribution is -0.137. The first kappa shape index (κ1) is 12.4. The topological polar surface area (TPSA) is 12.0 Å². The summed E-state index contributed by atoms with van der Waals surface area (Å²) in [5.41, 5.74) is 1.29. The van der Waals surface area contributed by atoms with Crippen LogP contribution >= 0.6 is 0 Å². The fourth-order valence-corrected chi connectivity index (χ4v) is 2.39. The van der Waals surface area contributed by atoms with Crippen molar-refractivity contribution in [3.05, 3.63) is 34.9 Å². The van der Waals surface area contributed by atoms with Crippen LogP contribution in [0, 0.1) is 6.92 Å². The molecule has 1 aliphatic rings. The van der Waals surface area contributed by atoms with Gasteiger partial charge in [0.15, 0.2) is 0 Å². The smallest absolute Gasteiger partial charge is 0.317 e. The van der Waals surface area contributed by atoms with Crippen LogP contribution in [-0.4, -0.2) is 13.1 Å². The van der Waals surface area contributed by atoms with Gasteiger partial charge in [-0.3, -0.25) is 0 Å². The molecule has 0 saturated carbocycles. The molecule has 17 heavy (non-hydrogen) atoms.